The minimum absolute atomic E-state index is 0.144. The van der Waals surface area contributed by atoms with E-state index in [1.165, 1.54) is 12.8 Å². The zero-order valence-electron chi connectivity index (χ0n) is 11.7. The molecule has 0 spiro atoms. The van der Waals surface area contributed by atoms with Crippen LogP contribution in [0.2, 0.25) is 0 Å². The van der Waals surface area contributed by atoms with Crippen molar-refractivity contribution in [1.29, 1.82) is 0 Å². The fraction of sp³-hybridized carbons (Fsp3) is 0.923. The van der Waals surface area contributed by atoms with Crippen LogP contribution in [0.1, 0.15) is 19.8 Å². The van der Waals surface area contributed by atoms with Crippen LogP contribution in [0.5, 0.6) is 0 Å². The van der Waals surface area contributed by atoms with Crippen molar-refractivity contribution in [2.45, 2.75) is 19.8 Å². The smallest absolute Gasteiger partial charge is 0.234 e. The third-order valence-electron chi connectivity index (χ3n) is 3.26. The predicted molar refractivity (Wildman–Crippen MR) is 72.6 cm³/mol. The molecule has 1 amide bonds. The molecule has 1 aliphatic heterocycles. The predicted octanol–water partition coefficient (Wildman–Crippen LogP) is 0.0705. The molecule has 1 saturated heterocycles. The number of nitrogens with zero attached hydrogens (tertiary/aromatic N) is 1. The molecule has 106 valence electrons. The summed E-state index contributed by atoms with van der Waals surface area (Å²) in [4.78, 5) is 13.8. The van der Waals surface area contributed by atoms with E-state index in [1.54, 1.807) is 7.11 Å². The van der Waals surface area contributed by atoms with E-state index in [9.17, 15) is 4.79 Å². The van der Waals surface area contributed by atoms with Crippen LogP contribution in [0.3, 0.4) is 0 Å². The molecule has 0 aromatic carbocycles. The largest absolute Gasteiger partial charge is 0.383 e. The Labute approximate surface area is 110 Å². The van der Waals surface area contributed by atoms with Crippen molar-refractivity contribution in [2.24, 2.45) is 5.92 Å². The molecule has 0 aromatic heterocycles. The number of carbonyl (C=O) groups is 1. The summed E-state index contributed by atoms with van der Waals surface area (Å²) in [5.74, 6) is 0.801. The standard InChI is InChI=1S/C13H27N3O2/c1-3-15-13(17)11-16-7-4-5-12(10-16)9-14-6-8-18-2/h12,14H,3-11H2,1-2H3,(H,15,17). The van der Waals surface area contributed by atoms with Crippen LogP contribution in [-0.2, 0) is 9.53 Å². The first-order valence-electron chi connectivity index (χ1n) is 6.95. The quantitative estimate of drug-likeness (QED) is 0.604. The van der Waals surface area contributed by atoms with Crippen molar-refractivity contribution in [2.75, 3.05) is 53.0 Å². The number of carbonyl (C=O) groups excluding carboxylic acids is 1. The highest BCUT2D eigenvalue weighted by molar-refractivity contribution is 5.77. The van der Waals surface area contributed by atoms with Crippen LogP contribution in [-0.4, -0.2) is 63.8 Å². The third-order valence-corrected chi connectivity index (χ3v) is 3.26. The van der Waals surface area contributed by atoms with Gasteiger partial charge in [0.1, 0.15) is 0 Å². The van der Waals surface area contributed by atoms with Crippen LogP contribution < -0.4 is 10.6 Å². The van der Waals surface area contributed by atoms with Crippen LogP contribution in [0, 0.1) is 5.92 Å². The highest BCUT2D eigenvalue weighted by atomic mass is 16.5. The number of likely N-dealkylation sites (tertiary alicyclic amines) is 1. The Morgan fingerprint density at radius 3 is 3.06 bits per heavy atom. The molecule has 18 heavy (non-hydrogen) atoms. The monoisotopic (exact) mass is 257 g/mol. The molecular formula is C13H27N3O2. The zero-order chi connectivity index (χ0) is 13.2. The lowest BCUT2D eigenvalue weighted by Crippen LogP contribution is -2.44. The van der Waals surface area contributed by atoms with Gasteiger partial charge in [0.15, 0.2) is 0 Å². The Balaban J connectivity index is 2.17. The maximum atomic E-state index is 11.5. The summed E-state index contributed by atoms with van der Waals surface area (Å²) in [6, 6.07) is 0. The fourth-order valence-electron chi connectivity index (χ4n) is 2.40. The van der Waals surface area contributed by atoms with Gasteiger partial charge in [-0.1, -0.05) is 0 Å². The van der Waals surface area contributed by atoms with E-state index in [1.807, 2.05) is 6.92 Å². The molecule has 5 heteroatoms. The minimum atomic E-state index is 0.144. The summed E-state index contributed by atoms with van der Waals surface area (Å²) < 4.78 is 5.01. The molecule has 1 heterocycles. The van der Waals surface area contributed by atoms with Gasteiger partial charge in [-0.2, -0.15) is 0 Å². The SMILES string of the molecule is CCNC(=O)CN1CCCC(CNCCOC)C1. The summed E-state index contributed by atoms with van der Waals surface area (Å²) in [6.07, 6.45) is 2.45. The van der Waals surface area contributed by atoms with Gasteiger partial charge >= 0.3 is 0 Å². The Morgan fingerprint density at radius 2 is 2.33 bits per heavy atom. The van der Waals surface area contributed by atoms with E-state index in [-0.39, 0.29) is 5.91 Å². The lowest BCUT2D eigenvalue weighted by atomic mass is 9.98. The van der Waals surface area contributed by atoms with Crippen molar-refractivity contribution in [1.82, 2.24) is 15.5 Å². The van der Waals surface area contributed by atoms with Crippen LogP contribution in [0.25, 0.3) is 0 Å². The highest BCUT2D eigenvalue weighted by Gasteiger charge is 2.20. The molecule has 0 radical (unpaired) electrons. The number of hydrogen-bond acceptors (Lipinski definition) is 4. The summed E-state index contributed by atoms with van der Waals surface area (Å²) in [6.45, 7) is 7.98. The number of ether oxygens (including phenoxy) is 1. The third kappa shape index (κ3) is 6.33. The van der Waals surface area contributed by atoms with E-state index in [2.05, 4.69) is 15.5 Å². The summed E-state index contributed by atoms with van der Waals surface area (Å²) in [5, 5.41) is 6.26. The average molecular weight is 257 g/mol. The minimum Gasteiger partial charge on any atom is -0.383 e. The van der Waals surface area contributed by atoms with Crippen molar-refractivity contribution < 1.29 is 9.53 Å². The molecule has 1 rings (SSSR count). The number of likely N-dealkylation sites (N-methyl/N-ethyl adjacent to an activating group) is 1. The van der Waals surface area contributed by atoms with Crippen molar-refractivity contribution in [3.8, 4) is 0 Å². The number of piperidine rings is 1. The number of hydrogen-bond donors (Lipinski definition) is 2. The normalized spacial score (nSPS) is 20.9. The van der Waals surface area contributed by atoms with Gasteiger partial charge in [-0.25, -0.2) is 0 Å². The van der Waals surface area contributed by atoms with Gasteiger partial charge in [0.2, 0.25) is 5.91 Å². The Morgan fingerprint density at radius 1 is 1.50 bits per heavy atom. The molecule has 1 atom stereocenters. The number of amides is 1. The molecule has 1 unspecified atom stereocenters. The van der Waals surface area contributed by atoms with Crippen LogP contribution in [0.4, 0.5) is 0 Å². The fourth-order valence-corrected chi connectivity index (χ4v) is 2.40. The first-order chi connectivity index (χ1) is 8.76. The Bertz CT molecular complexity index is 236. The van der Waals surface area contributed by atoms with E-state index in [0.29, 0.717) is 19.0 Å². The first-order valence-corrected chi connectivity index (χ1v) is 6.95. The lowest BCUT2D eigenvalue weighted by molar-refractivity contribution is -0.122. The number of nitrogens with one attached hydrogen (secondary N) is 2. The molecule has 0 aliphatic carbocycles. The lowest BCUT2D eigenvalue weighted by Gasteiger charge is -2.32. The van der Waals surface area contributed by atoms with Crippen molar-refractivity contribution >= 4 is 5.91 Å². The summed E-state index contributed by atoms with van der Waals surface area (Å²) >= 11 is 0. The van der Waals surface area contributed by atoms with Gasteiger partial charge in [-0.05, 0) is 38.8 Å². The Hall–Kier alpha value is -0.650. The molecule has 0 saturated carbocycles. The number of methoxy groups -OCH3 is 1. The number of rotatable bonds is 8. The summed E-state index contributed by atoms with van der Waals surface area (Å²) in [5.41, 5.74) is 0. The van der Waals surface area contributed by atoms with Crippen molar-refractivity contribution in [3.63, 3.8) is 0 Å². The maximum absolute atomic E-state index is 11.5. The van der Waals surface area contributed by atoms with Gasteiger partial charge in [0.25, 0.3) is 0 Å². The van der Waals surface area contributed by atoms with E-state index in [0.717, 1.165) is 32.8 Å². The molecule has 1 aliphatic rings. The van der Waals surface area contributed by atoms with E-state index in [4.69, 9.17) is 4.74 Å². The molecule has 1 fully saturated rings. The molecule has 5 nitrogen and oxygen atoms in total. The topological polar surface area (TPSA) is 53.6 Å². The van der Waals surface area contributed by atoms with Gasteiger partial charge in [-0.3, -0.25) is 9.69 Å². The second kappa shape index (κ2) is 9.30. The van der Waals surface area contributed by atoms with Gasteiger partial charge in [0.05, 0.1) is 13.2 Å². The molecular weight excluding hydrogens is 230 g/mol. The van der Waals surface area contributed by atoms with Crippen LogP contribution in [0.15, 0.2) is 0 Å². The molecule has 2 N–H and O–H groups in total. The summed E-state index contributed by atoms with van der Waals surface area (Å²) in [7, 11) is 1.72. The second-order valence-electron chi connectivity index (χ2n) is 4.89. The maximum Gasteiger partial charge on any atom is 0.234 e. The first kappa shape index (κ1) is 15.4. The van der Waals surface area contributed by atoms with Gasteiger partial charge in [-0.15, -0.1) is 0 Å². The Kier molecular flexibility index (Phi) is 7.96. The van der Waals surface area contributed by atoms with Crippen molar-refractivity contribution in [3.05, 3.63) is 0 Å². The van der Waals surface area contributed by atoms with E-state index >= 15 is 0 Å². The van der Waals surface area contributed by atoms with E-state index < -0.39 is 0 Å². The van der Waals surface area contributed by atoms with Crippen LogP contribution >= 0.6 is 0 Å². The highest BCUT2D eigenvalue weighted by Crippen LogP contribution is 2.15. The molecule has 0 aromatic rings. The second-order valence-corrected chi connectivity index (χ2v) is 4.89. The molecule has 0 bridgehead atoms. The van der Waals surface area contributed by atoms with Gasteiger partial charge < -0.3 is 15.4 Å². The van der Waals surface area contributed by atoms with Gasteiger partial charge in [0, 0.05) is 26.7 Å². The average Bonchev–Trinajstić information content (AvgIpc) is 2.35. The zero-order valence-corrected chi connectivity index (χ0v) is 11.7.